The zero-order valence-corrected chi connectivity index (χ0v) is 22.4. The van der Waals surface area contributed by atoms with E-state index in [1.54, 1.807) is 12.1 Å². The number of amides is 2. The zero-order valence-electron chi connectivity index (χ0n) is 22.4. The maximum Gasteiger partial charge on any atom is 0.309 e. The number of aliphatic hydroxyl groups is 1. The Kier molecular flexibility index (Phi) is 10.5. The lowest BCUT2D eigenvalue weighted by atomic mass is 9.94. The minimum atomic E-state index is -0.619. The molecule has 1 aromatic heterocycles. The summed E-state index contributed by atoms with van der Waals surface area (Å²) in [6, 6.07) is 13.4. The number of aromatic nitrogens is 1. The third-order valence-electron chi connectivity index (χ3n) is 7.15. The standard InChI is InChI=1S/C31H36FN3O5/c32-25-12-10-21(11-13-25)16-23-7-3-1-2-6-22(18-29(37)33-14-15-36)30(38)35-26(20-40-31(23)39)17-24-19-34-28-9-5-4-8-27(24)28/h1-2,4-5,8-13,19,22-23,26,34,36H,3,6-7,14-18,20H2,(H,33,37)(H,35,38)/b2-1-/t22-,23-,26-/m1/s1. The number of para-hydroxylation sites is 1. The normalized spacial score (nSPS) is 21.4. The lowest BCUT2D eigenvalue weighted by Gasteiger charge is -2.23. The molecule has 0 aliphatic carbocycles. The van der Waals surface area contributed by atoms with Gasteiger partial charge in [0.25, 0.3) is 0 Å². The highest BCUT2D eigenvalue weighted by atomic mass is 19.1. The number of hydrogen-bond donors (Lipinski definition) is 4. The van der Waals surface area contributed by atoms with E-state index in [4.69, 9.17) is 9.84 Å². The van der Waals surface area contributed by atoms with Crippen LogP contribution >= 0.6 is 0 Å². The molecule has 2 heterocycles. The fraction of sp³-hybridized carbons (Fsp3) is 0.387. The summed E-state index contributed by atoms with van der Waals surface area (Å²) in [7, 11) is 0. The van der Waals surface area contributed by atoms with Gasteiger partial charge < -0.3 is 25.5 Å². The molecule has 3 atom stereocenters. The number of cyclic esters (lactones) is 1. The molecule has 40 heavy (non-hydrogen) atoms. The van der Waals surface area contributed by atoms with E-state index in [2.05, 4.69) is 15.6 Å². The van der Waals surface area contributed by atoms with E-state index in [1.165, 1.54) is 12.1 Å². The number of esters is 1. The van der Waals surface area contributed by atoms with Crippen molar-refractivity contribution in [3.63, 3.8) is 0 Å². The number of hydrogen-bond acceptors (Lipinski definition) is 5. The molecule has 0 unspecified atom stereocenters. The quantitative estimate of drug-likeness (QED) is 0.253. The first kappa shape index (κ1) is 29.0. The van der Waals surface area contributed by atoms with Gasteiger partial charge in [0.2, 0.25) is 11.8 Å². The molecule has 0 fully saturated rings. The van der Waals surface area contributed by atoms with Gasteiger partial charge in [-0.25, -0.2) is 4.39 Å². The minimum absolute atomic E-state index is 0.0248. The van der Waals surface area contributed by atoms with Crippen molar-refractivity contribution < 1.29 is 28.6 Å². The number of aliphatic hydroxyl groups excluding tert-OH is 1. The molecule has 1 aliphatic rings. The highest BCUT2D eigenvalue weighted by Crippen LogP contribution is 2.22. The first-order valence-corrected chi connectivity index (χ1v) is 13.7. The Bertz CT molecular complexity index is 1320. The van der Waals surface area contributed by atoms with Gasteiger partial charge in [-0.1, -0.05) is 42.5 Å². The van der Waals surface area contributed by atoms with E-state index in [1.807, 2.05) is 42.6 Å². The Balaban J connectivity index is 1.55. The molecule has 9 heteroatoms. The molecular formula is C31H36FN3O5. The summed E-state index contributed by atoms with van der Waals surface area (Å²) in [6.07, 6.45) is 7.96. The number of halogens is 1. The smallest absolute Gasteiger partial charge is 0.309 e. The maximum atomic E-state index is 13.4. The highest BCUT2D eigenvalue weighted by molar-refractivity contribution is 5.86. The van der Waals surface area contributed by atoms with Gasteiger partial charge in [0.1, 0.15) is 12.4 Å². The van der Waals surface area contributed by atoms with Crippen LogP contribution in [0.4, 0.5) is 4.39 Å². The van der Waals surface area contributed by atoms with Crippen molar-refractivity contribution in [1.29, 1.82) is 0 Å². The van der Waals surface area contributed by atoms with Crippen molar-refractivity contribution in [3.8, 4) is 0 Å². The molecule has 4 N–H and O–H groups in total. The van der Waals surface area contributed by atoms with Gasteiger partial charge >= 0.3 is 5.97 Å². The molecule has 8 nitrogen and oxygen atoms in total. The van der Waals surface area contributed by atoms with E-state index >= 15 is 0 Å². The molecule has 4 rings (SSSR count). The number of aromatic amines is 1. The molecule has 0 bridgehead atoms. The van der Waals surface area contributed by atoms with Crippen molar-refractivity contribution >= 4 is 28.7 Å². The number of allylic oxidation sites excluding steroid dienone is 2. The number of H-pyrrole nitrogens is 1. The molecule has 1 aliphatic heterocycles. The fourth-order valence-electron chi connectivity index (χ4n) is 5.00. The number of nitrogens with one attached hydrogen (secondary N) is 3. The molecule has 2 amide bonds. The summed E-state index contributed by atoms with van der Waals surface area (Å²) >= 11 is 0. The van der Waals surface area contributed by atoms with Crippen LogP contribution in [0, 0.1) is 17.7 Å². The van der Waals surface area contributed by atoms with Gasteiger partial charge in [0.15, 0.2) is 0 Å². The average molecular weight is 550 g/mol. The van der Waals surface area contributed by atoms with Gasteiger partial charge in [-0.3, -0.25) is 14.4 Å². The molecule has 2 aromatic carbocycles. The van der Waals surface area contributed by atoms with E-state index in [9.17, 15) is 18.8 Å². The Hall–Kier alpha value is -3.98. The van der Waals surface area contributed by atoms with Crippen LogP contribution in [0.2, 0.25) is 0 Å². The van der Waals surface area contributed by atoms with E-state index in [0.29, 0.717) is 32.1 Å². The molecule has 212 valence electrons. The summed E-state index contributed by atoms with van der Waals surface area (Å²) in [6.45, 7) is -0.0852. The van der Waals surface area contributed by atoms with Crippen molar-refractivity contribution in [2.24, 2.45) is 11.8 Å². The number of ether oxygens (including phenoxy) is 1. The molecule has 3 aromatic rings. The number of carbonyl (C=O) groups excluding carboxylic acids is 3. The van der Waals surface area contributed by atoms with Gasteiger partial charge in [0, 0.05) is 30.1 Å². The summed E-state index contributed by atoms with van der Waals surface area (Å²) in [5.74, 6) is -2.36. The number of rotatable bonds is 8. The molecule has 0 spiro atoms. The predicted molar refractivity (Wildman–Crippen MR) is 150 cm³/mol. The van der Waals surface area contributed by atoms with Crippen LogP contribution in [0.15, 0.2) is 66.9 Å². The van der Waals surface area contributed by atoms with Gasteiger partial charge in [-0.15, -0.1) is 0 Å². The SMILES string of the molecule is O=C(C[C@H]1C/C=C\CC[C@H](Cc2ccc(F)cc2)C(=O)OC[C@@H](Cc2c[nH]c3ccccc23)NC1=O)NCCO. The second-order valence-electron chi connectivity index (χ2n) is 10.2. The van der Waals surface area contributed by atoms with Crippen molar-refractivity contribution in [3.05, 3.63) is 83.8 Å². The van der Waals surface area contributed by atoms with Crippen LogP contribution < -0.4 is 10.6 Å². The Morgan fingerprint density at radius 1 is 1.05 bits per heavy atom. The highest BCUT2D eigenvalue weighted by Gasteiger charge is 2.27. The van der Waals surface area contributed by atoms with Crippen molar-refractivity contribution in [2.75, 3.05) is 19.8 Å². The predicted octanol–water partition coefficient (Wildman–Crippen LogP) is 3.59. The molecule has 0 radical (unpaired) electrons. The summed E-state index contributed by atoms with van der Waals surface area (Å²) in [5, 5.41) is 15.7. The fourth-order valence-corrected chi connectivity index (χ4v) is 5.00. The number of carbonyl (C=O) groups is 3. The van der Waals surface area contributed by atoms with Crippen LogP contribution in [-0.2, 0) is 32.0 Å². The topological polar surface area (TPSA) is 121 Å². The minimum Gasteiger partial charge on any atom is -0.463 e. The monoisotopic (exact) mass is 549 g/mol. The second-order valence-corrected chi connectivity index (χ2v) is 10.2. The Labute approximate surface area is 233 Å². The summed E-state index contributed by atoms with van der Waals surface area (Å²) in [4.78, 5) is 42.2. The summed E-state index contributed by atoms with van der Waals surface area (Å²) < 4.78 is 19.2. The third kappa shape index (κ3) is 8.26. The maximum absolute atomic E-state index is 13.4. The first-order chi connectivity index (χ1) is 19.4. The Morgan fingerprint density at radius 2 is 1.85 bits per heavy atom. The molecule has 0 saturated heterocycles. The van der Waals surface area contributed by atoms with Crippen molar-refractivity contribution in [1.82, 2.24) is 15.6 Å². The van der Waals surface area contributed by atoms with Gasteiger partial charge in [-0.05, 0) is 61.4 Å². The zero-order chi connectivity index (χ0) is 28.3. The van der Waals surface area contributed by atoms with Crippen LogP contribution in [-0.4, -0.2) is 53.7 Å². The second kappa shape index (κ2) is 14.4. The molecular weight excluding hydrogens is 513 g/mol. The average Bonchev–Trinajstić information content (AvgIpc) is 3.36. The van der Waals surface area contributed by atoms with Crippen LogP contribution in [0.3, 0.4) is 0 Å². The van der Waals surface area contributed by atoms with Crippen LogP contribution in [0.1, 0.15) is 36.8 Å². The van der Waals surface area contributed by atoms with E-state index in [0.717, 1.165) is 22.0 Å². The van der Waals surface area contributed by atoms with E-state index < -0.39 is 17.9 Å². The number of fused-ring (bicyclic) bond motifs is 1. The van der Waals surface area contributed by atoms with Gasteiger partial charge in [-0.2, -0.15) is 0 Å². The lowest BCUT2D eigenvalue weighted by Crippen LogP contribution is -2.44. The van der Waals surface area contributed by atoms with E-state index in [-0.39, 0.29) is 49.8 Å². The van der Waals surface area contributed by atoms with Gasteiger partial charge in [0.05, 0.1) is 24.5 Å². The van der Waals surface area contributed by atoms with Crippen LogP contribution in [0.5, 0.6) is 0 Å². The Morgan fingerprint density at radius 3 is 2.65 bits per heavy atom. The third-order valence-corrected chi connectivity index (χ3v) is 7.15. The number of benzene rings is 2. The first-order valence-electron chi connectivity index (χ1n) is 13.7. The molecule has 0 saturated carbocycles. The lowest BCUT2D eigenvalue weighted by molar-refractivity contribution is -0.150. The largest absolute Gasteiger partial charge is 0.463 e. The van der Waals surface area contributed by atoms with Crippen molar-refractivity contribution in [2.45, 2.75) is 44.6 Å². The summed E-state index contributed by atoms with van der Waals surface area (Å²) in [5.41, 5.74) is 2.78. The van der Waals surface area contributed by atoms with Crippen LogP contribution in [0.25, 0.3) is 10.9 Å².